The maximum Gasteiger partial charge on any atom is 0.255 e. The summed E-state index contributed by atoms with van der Waals surface area (Å²) in [5.74, 6) is 1.19. The number of nitrogens with one attached hydrogen (secondary N) is 1. The molecule has 0 spiro atoms. The zero-order valence-corrected chi connectivity index (χ0v) is 10.8. The molecule has 21 heavy (non-hydrogen) atoms. The van der Waals surface area contributed by atoms with Gasteiger partial charge in [0, 0.05) is 17.0 Å². The lowest BCUT2D eigenvalue weighted by molar-refractivity contribution is 0.172. The van der Waals surface area contributed by atoms with Crippen LogP contribution in [0.15, 0.2) is 28.6 Å². The molecule has 0 atom stereocenters. The van der Waals surface area contributed by atoms with Crippen molar-refractivity contribution in [3.05, 3.63) is 39.7 Å². The van der Waals surface area contributed by atoms with Crippen LogP contribution in [0.2, 0.25) is 0 Å². The summed E-state index contributed by atoms with van der Waals surface area (Å²) in [4.78, 5) is 14.7. The van der Waals surface area contributed by atoms with Gasteiger partial charge in [0.1, 0.15) is 30.9 Å². The Kier molecular flexibility index (Phi) is 3.06. The van der Waals surface area contributed by atoms with E-state index in [2.05, 4.69) is 4.98 Å². The van der Waals surface area contributed by atoms with Gasteiger partial charge in [-0.25, -0.2) is 0 Å². The second-order valence-electron chi connectivity index (χ2n) is 4.42. The number of ether oxygens (including phenoxy) is 2. The van der Waals surface area contributed by atoms with E-state index in [0.29, 0.717) is 30.2 Å². The van der Waals surface area contributed by atoms with Crippen molar-refractivity contribution in [2.75, 3.05) is 13.2 Å². The Morgan fingerprint density at radius 3 is 2.48 bits per heavy atom. The molecule has 2 heterocycles. The van der Waals surface area contributed by atoms with Gasteiger partial charge in [-0.3, -0.25) is 4.79 Å². The maximum absolute atomic E-state index is 12.0. The van der Waals surface area contributed by atoms with Crippen LogP contribution in [0.5, 0.6) is 11.5 Å². The third-order valence-corrected chi connectivity index (χ3v) is 3.08. The number of pyridine rings is 1. The molecule has 3 rings (SSSR count). The number of hydrogen-bond acceptors (Lipinski definition) is 5. The van der Waals surface area contributed by atoms with Crippen molar-refractivity contribution >= 4 is 17.0 Å². The number of nitriles is 2. The van der Waals surface area contributed by atoms with E-state index >= 15 is 0 Å². The molecule has 0 unspecified atom stereocenters. The minimum absolute atomic E-state index is 0.127. The molecule has 6 heteroatoms. The van der Waals surface area contributed by atoms with Crippen LogP contribution < -0.4 is 15.0 Å². The average molecular weight is 279 g/mol. The fraction of sp³-hybridized carbons (Fsp3) is 0.133. The van der Waals surface area contributed by atoms with Gasteiger partial charge in [0.25, 0.3) is 5.56 Å². The van der Waals surface area contributed by atoms with Gasteiger partial charge in [0.05, 0.1) is 5.52 Å². The lowest BCUT2D eigenvalue weighted by atomic mass is 10.1. The molecular weight excluding hydrogens is 270 g/mol. The van der Waals surface area contributed by atoms with Gasteiger partial charge in [-0.2, -0.15) is 10.5 Å². The Bertz CT molecular complexity index is 881. The zero-order valence-electron chi connectivity index (χ0n) is 10.8. The van der Waals surface area contributed by atoms with Crippen molar-refractivity contribution < 1.29 is 9.47 Å². The quantitative estimate of drug-likeness (QED) is 0.801. The predicted octanol–water partition coefficient (Wildman–Crippen LogP) is 1.73. The Morgan fingerprint density at radius 2 is 1.81 bits per heavy atom. The van der Waals surface area contributed by atoms with E-state index < -0.39 is 0 Å². The van der Waals surface area contributed by atoms with Crippen LogP contribution in [-0.4, -0.2) is 18.2 Å². The molecule has 0 fully saturated rings. The smallest absolute Gasteiger partial charge is 0.255 e. The van der Waals surface area contributed by atoms with E-state index in [1.807, 2.05) is 0 Å². The normalized spacial score (nSPS) is 12.3. The fourth-order valence-corrected chi connectivity index (χ4v) is 2.11. The van der Waals surface area contributed by atoms with E-state index in [4.69, 9.17) is 20.0 Å². The summed E-state index contributed by atoms with van der Waals surface area (Å²) in [7, 11) is 0. The standard InChI is InChI=1S/C15H9N3O3/c16-7-9(8-17)3-11-4-10-5-13-14(21-2-1-20-13)6-12(10)18-15(11)19/h3-6H,1-2H2,(H,18,19). The lowest BCUT2D eigenvalue weighted by Gasteiger charge is -2.18. The summed E-state index contributed by atoms with van der Waals surface area (Å²) in [6, 6.07) is 8.53. The summed E-state index contributed by atoms with van der Waals surface area (Å²) >= 11 is 0. The molecule has 6 nitrogen and oxygen atoms in total. The first kappa shape index (κ1) is 12.8. The lowest BCUT2D eigenvalue weighted by Crippen LogP contribution is -2.16. The van der Waals surface area contributed by atoms with Crippen molar-refractivity contribution in [1.29, 1.82) is 10.5 Å². The summed E-state index contributed by atoms with van der Waals surface area (Å²) in [5.41, 5.74) is 0.355. The van der Waals surface area contributed by atoms with Gasteiger partial charge in [-0.05, 0) is 18.2 Å². The molecule has 1 N–H and O–H groups in total. The monoisotopic (exact) mass is 279 g/mol. The van der Waals surface area contributed by atoms with E-state index in [1.54, 1.807) is 30.3 Å². The van der Waals surface area contributed by atoms with E-state index in [0.717, 1.165) is 5.39 Å². The highest BCUT2D eigenvalue weighted by Gasteiger charge is 2.13. The number of aromatic nitrogens is 1. The van der Waals surface area contributed by atoms with Gasteiger partial charge in [-0.15, -0.1) is 0 Å². The molecule has 0 aliphatic carbocycles. The molecular formula is C15H9N3O3. The summed E-state index contributed by atoms with van der Waals surface area (Å²) in [5, 5.41) is 18.3. The Hall–Kier alpha value is -3.25. The molecule has 1 aliphatic heterocycles. The second kappa shape index (κ2) is 5.03. The van der Waals surface area contributed by atoms with Gasteiger partial charge < -0.3 is 14.5 Å². The minimum atomic E-state index is -0.373. The molecule has 0 saturated carbocycles. The fourth-order valence-electron chi connectivity index (χ4n) is 2.11. The number of fused-ring (bicyclic) bond motifs is 2. The van der Waals surface area contributed by atoms with Crippen LogP contribution in [0.3, 0.4) is 0 Å². The van der Waals surface area contributed by atoms with E-state index in [9.17, 15) is 4.79 Å². The number of hydrogen-bond donors (Lipinski definition) is 1. The molecule has 0 saturated heterocycles. The van der Waals surface area contributed by atoms with Gasteiger partial charge in [0.15, 0.2) is 11.5 Å². The predicted molar refractivity (Wildman–Crippen MR) is 74.8 cm³/mol. The number of aromatic amines is 1. The Morgan fingerprint density at radius 1 is 1.14 bits per heavy atom. The molecule has 0 amide bonds. The van der Waals surface area contributed by atoms with Gasteiger partial charge in [0.2, 0.25) is 0 Å². The largest absolute Gasteiger partial charge is 0.486 e. The first-order valence-corrected chi connectivity index (χ1v) is 6.20. The van der Waals surface area contributed by atoms with Crippen LogP contribution in [0, 0.1) is 22.7 Å². The summed E-state index contributed by atoms with van der Waals surface area (Å²) < 4.78 is 10.9. The maximum atomic E-state index is 12.0. The molecule has 0 radical (unpaired) electrons. The van der Waals surface area contributed by atoms with Crippen molar-refractivity contribution in [1.82, 2.24) is 4.98 Å². The van der Waals surface area contributed by atoms with Crippen molar-refractivity contribution in [2.45, 2.75) is 0 Å². The van der Waals surface area contributed by atoms with Crippen LogP contribution in [0.25, 0.3) is 17.0 Å². The topological polar surface area (TPSA) is 98.9 Å². The van der Waals surface area contributed by atoms with Gasteiger partial charge in [-0.1, -0.05) is 0 Å². The number of rotatable bonds is 1. The molecule has 0 bridgehead atoms. The minimum Gasteiger partial charge on any atom is -0.486 e. The van der Waals surface area contributed by atoms with E-state index in [-0.39, 0.29) is 16.7 Å². The SMILES string of the molecule is N#CC(C#N)=Cc1cc2cc3c(cc2[nH]c1=O)OCCO3. The Labute approximate surface area is 119 Å². The first-order chi connectivity index (χ1) is 10.2. The highest BCUT2D eigenvalue weighted by Crippen LogP contribution is 2.33. The number of H-pyrrole nitrogens is 1. The van der Waals surface area contributed by atoms with Crippen molar-refractivity contribution in [3.8, 4) is 23.6 Å². The summed E-state index contributed by atoms with van der Waals surface area (Å²) in [6.07, 6.45) is 1.26. The van der Waals surface area contributed by atoms with Crippen molar-refractivity contribution in [3.63, 3.8) is 0 Å². The molecule has 1 aliphatic rings. The third kappa shape index (κ3) is 2.31. The molecule has 1 aromatic carbocycles. The highest BCUT2D eigenvalue weighted by atomic mass is 16.6. The number of benzene rings is 1. The molecule has 1 aromatic heterocycles. The van der Waals surface area contributed by atoms with Crippen LogP contribution >= 0.6 is 0 Å². The first-order valence-electron chi connectivity index (χ1n) is 6.20. The third-order valence-electron chi connectivity index (χ3n) is 3.08. The number of nitrogens with zero attached hydrogens (tertiary/aromatic N) is 2. The molecule has 102 valence electrons. The highest BCUT2D eigenvalue weighted by molar-refractivity contribution is 5.85. The van der Waals surface area contributed by atoms with Crippen LogP contribution in [0.4, 0.5) is 0 Å². The number of allylic oxidation sites excluding steroid dienone is 1. The average Bonchev–Trinajstić information content (AvgIpc) is 2.51. The van der Waals surface area contributed by atoms with Gasteiger partial charge >= 0.3 is 0 Å². The Balaban J connectivity index is 2.20. The zero-order chi connectivity index (χ0) is 14.8. The van der Waals surface area contributed by atoms with Crippen molar-refractivity contribution in [2.24, 2.45) is 0 Å². The van der Waals surface area contributed by atoms with Crippen LogP contribution in [0.1, 0.15) is 5.56 Å². The molecule has 2 aromatic rings. The second-order valence-corrected chi connectivity index (χ2v) is 4.42. The van der Waals surface area contributed by atoms with E-state index in [1.165, 1.54) is 6.08 Å². The summed E-state index contributed by atoms with van der Waals surface area (Å²) in [6.45, 7) is 0.943. The van der Waals surface area contributed by atoms with Crippen LogP contribution in [-0.2, 0) is 0 Å².